The molecule has 0 saturated carbocycles. The first-order chi connectivity index (χ1) is 10.2. The van der Waals surface area contributed by atoms with Crippen molar-refractivity contribution in [2.75, 3.05) is 0 Å². The molecule has 0 aliphatic heterocycles. The first kappa shape index (κ1) is 14.2. The number of alkyl halides is 1. The number of hydrogen-bond acceptors (Lipinski definition) is 0. The van der Waals surface area contributed by atoms with Crippen LogP contribution in [-0.4, -0.2) is 0 Å². The maximum absolute atomic E-state index is 13.8. The van der Waals surface area contributed by atoms with Gasteiger partial charge in [0.25, 0.3) is 0 Å². The second-order valence-corrected chi connectivity index (χ2v) is 6.06. The zero-order valence-corrected chi connectivity index (χ0v) is 12.8. The van der Waals surface area contributed by atoms with E-state index in [9.17, 15) is 8.78 Å². The van der Waals surface area contributed by atoms with Crippen LogP contribution in [0.2, 0.25) is 0 Å². The van der Waals surface area contributed by atoms with Gasteiger partial charge in [-0.2, -0.15) is 0 Å². The van der Waals surface area contributed by atoms with Crippen LogP contribution in [0.15, 0.2) is 60.7 Å². The van der Waals surface area contributed by atoms with Crippen LogP contribution in [0.1, 0.15) is 16.0 Å². The lowest BCUT2D eigenvalue weighted by Gasteiger charge is -2.14. The molecule has 0 radical (unpaired) electrons. The quantitative estimate of drug-likeness (QED) is 0.526. The summed E-state index contributed by atoms with van der Waals surface area (Å²) in [5.74, 6) is -1.56. The SMILES string of the molecule is Fc1cccc(CC(Br)c2cccc3ccccc23)c1F. The fourth-order valence-electron chi connectivity index (χ4n) is 2.53. The molecular weight excluding hydrogens is 334 g/mol. The smallest absolute Gasteiger partial charge is 0.162 e. The molecule has 1 unspecified atom stereocenters. The van der Waals surface area contributed by atoms with E-state index in [1.54, 1.807) is 6.07 Å². The van der Waals surface area contributed by atoms with Crippen molar-refractivity contribution in [2.45, 2.75) is 11.2 Å². The highest BCUT2D eigenvalue weighted by atomic mass is 79.9. The van der Waals surface area contributed by atoms with Crippen molar-refractivity contribution in [2.24, 2.45) is 0 Å². The van der Waals surface area contributed by atoms with E-state index in [-0.39, 0.29) is 4.83 Å². The minimum atomic E-state index is -0.801. The van der Waals surface area contributed by atoms with Crippen molar-refractivity contribution in [3.8, 4) is 0 Å². The molecule has 3 aromatic rings. The Hall–Kier alpha value is -1.74. The van der Waals surface area contributed by atoms with Gasteiger partial charge < -0.3 is 0 Å². The lowest BCUT2D eigenvalue weighted by atomic mass is 9.98. The van der Waals surface area contributed by atoms with Gasteiger partial charge >= 0.3 is 0 Å². The van der Waals surface area contributed by atoms with E-state index >= 15 is 0 Å². The van der Waals surface area contributed by atoms with E-state index in [1.807, 2.05) is 42.5 Å². The highest BCUT2D eigenvalue weighted by Gasteiger charge is 2.15. The first-order valence-corrected chi connectivity index (χ1v) is 7.63. The molecule has 3 rings (SSSR count). The summed E-state index contributed by atoms with van der Waals surface area (Å²) >= 11 is 3.61. The third kappa shape index (κ3) is 2.84. The Morgan fingerprint density at radius 3 is 2.43 bits per heavy atom. The third-order valence-electron chi connectivity index (χ3n) is 3.59. The molecule has 106 valence electrons. The van der Waals surface area contributed by atoms with Crippen LogP contribution in [0.25, 0.3) is 10.8 Å². The third-order valence-corrected chi connectivity index (χ3v) is 4.41. The monoisotopic (exact) mass is 346 g/mol. The Morgan fingerprint density at radius 2 is 1.57 bits per heavy atom. The van der Waals surface area contributed by atoms with Gasteiger partial charge in [-0.3, -0.25) is 0 Å². The number of hydrogen-bond donors (Lipinski definition) is 0. The summed E-state index contributed by atoms with van der Waals surface area (Å²) < 4.78 is 27.1. The average Bonchev–Trinajstić information content (AvgIpc) is 2.51. The van der Waals surface area contributed by atoms with Crippen LogP contribution in [0.3, 0.4) is 0 Å². The molecule has 0 nitrogen and oxygen atoms in total. The van der Waals surface area contributed by atoms with Gasteiger partial charge in [0.1, 0.15) is 0 Å². The number of halogens is 3. The maximum Gasteiger partial charge on any atom is 0.162 e. The van der Waals surface area contributed by atoms with Crippen molar-refractivity contribution < 1.29 is 8.78 Å². The summed E-state index contributed by atoms with van der Waals surface area (Å²) in [6.07, 6.45) is 0.400. The molecule has 0 bridgehead atoms. The molecule has 0 saturated heterocycles. The molecular formula is C18H13BrF2. The zero-order chi connectivity index (χ0) is 14.8. The first-order valence-electron chi connectivity index (χ1n) is 6.71. The predicted molar refractivity (Wildman–Crippen MR) is 85.7 cm³/mol. The van der Waals surface area contributed by atoms with Crippen LogP contribution in [-0.2, 0) is 6.42 Å². The van der Waals surface area contributed by atoms with E-state index < -0.39 is 11.6 Å². The van der Waals surface area contributed by atoms with E-state index in [1.165, 1.54) is 6.07 Å². The Morgan fingerprint density at radius 1 is 0.857 bits per heavy atom. The van der Waals surface area contributed by atoms with Crippen LogP contribution in [0, 0.1) is 11.6 Å². The molecule has 1 atom stereocenters. The van der Waals surface area contributed by atoms with Crippen LogP contribution in [0.4, 0.5) is 8.78 Å². The molecule has 0 amide bonds. The van der Waals surface area contributed by atoms with Crippen LogP contribution in [0.5, 0.6) is 0 Å². The van der Waals surface area contributed by atoms with Gasteiger partial charge in [-0.05, 0) is 34.4 Å². The lowest BCUT2D eigenvalue weighted by Crippen LogP contribution is -2.00. The summed E-state index contributed by atoms with van der Waals surface area (Å²) in [6, 6.07) is 18.4. The molecule has 0 heterocycles. The van der Waals surface area contributed by atoms with Gasteiger partial charge in [-0.15, -0.1) is 0 Å². The molecule has 3 aromatic carbocycles. The second kappa shape index (κ2) is 5.94. The summed E-state index contributed by atoms with van der Waals surface area (Å²) in [6.45, 7) is 0. The summed E-state index contributed by atoms with van der Waals surface area (Å²) in [7, 11) is 0. The molecule has 21 heavy (non-hydrogen) atoms. The van der Waals surface area contributed by atoms with E-state index in [2.05, 4.69) is 15.9 Å². The fourth-order valence-corrected chi connectivity index (χ4v) is 3.28. The maximum atomic E-state index is 13.8. The topological polar surface area (TPSA) is 0 Å². The minimum absolute atomic E-state index is 0.0695. The Balaban J connectivity index is 1.97. The van der Waals surface area contributed by atoms with Gasteiger partial charge in [-0.1, -0.05) is 70.5 Å². The second-order valence-electron chi connectivity index (χ2n) is 4.95. The molecule has 0 aliphatic rings. The van der Waals surface area contributed by atoms with Crippen molar-refractivity contribution in [1.29, 1.82) is 0 Å². The Bertz CT molecular complexity index is 778. The highest BCUT2D eigenvalue weighted by Crippen LogP contribution is 2.33. The number of fused-ring (bicyclic) bond motifs is 1. The number of rotatable bonds is 3. The fraction of sp³-hybridized carbons (Fsp3) is 0.111. The van der Waals surface area contributed by atoms with Crippen LogP contribution < -0.4 is 0 Å². The molecule has 0 spiro atoms. The lowest BCUT2D eigenvalue weighted by molar-refractivity contribution is 0.498. The Labute approximate surface area is 130 Å². The standard InChI is InChI=1S/C18H13BrF2/c19-16(11-13-7-4-10-17(20)18(13)21)15-9-3-6-12-5-1-2-8-14(12)15/h1-10,16H,11H2. The van der Waals surface area contributed by atoms with Gasteiger partial charge in [0, 0.05) is 4.83 Å². The van der Waals surface area contributed by atoms with Crippen molar-refractivity contribution in [1.82, 2.24) is 0 Å². The largest absolute Gasteiger partial charge is 0.204 e. The van der Waals surface area contributed by atoms with E-state index in [0.29, 0.717) is 12.0 Å². The van der Waals surface area contributed by atoms with Crippen molar-refractivity contribution in [3.63, 3.8) is 0 Å². The van der Waals surface area contributed by atoms with Gasteiger partial charge in [0.15, 0.2) is 11.6 Å². The summed E-state index contributed by atoms with van der Waals surface area (Å²) in [5, 5.41) is 2.26. The number of benzene rings is 3. The molecule has 0 N–H and O–H groups in total. The summed E-state index contributed by atoms with van der Waals surface area (Å²) in [5.41, 5.74) is 1.46. The van der Waals surface area contributed by atoms with Gasteiger partial charge in [-0.25, -0.2) is 8.78 Å². The predicted octanol–water partition coefficient (Wildman–Crippen LogP) is 5.80. The Kier molecular flexibility index (Phi) is 4.02. The molecule has 3 heteroatoms. The molecule has 0 fully saturated rings. The molecule has 0 aromatic heterocycles. The normalized spacial score (nSPS) is 12.5. The van der Waals surface area contributed by atoms with E-state index in [4.69, 9.17) is 0 Å². The van der Waals surface area contributed by atoms with Crippen molar-refractivity contribution in [3.05, 3.63) is 83.4 Å². The minimum Gasteiger partial charge on any atom is -0.204 e. The van der Waals surface area contributed by atoms with Gasteiger partial charge in [0.2, 0.25) is 0 Å². The summed E-state index contributed by atoms with van der Waals surface area (Å²) in [4.78, 5) is -0.0695. The van der Waals surface area contributed by atoms with Crippen molar-refractivity contribution >= 4 is 26.7 Å². The highest BCUT2D eigenvalue weighted by molar-refractivity contribution is 9.09. The van der Waals surface area contributed by atoms with Gasteiger partial charge in [0.05, 0.1) is 0 Å². The molecule has 0 aliphatic carbocycles. The van der Waals surface area contributed by atoms with Crippen LogP contribution >= 0.6 is 15.9 Å². The van der Waals surface area contributed by atoms with E-state index in [0.717, 1.165) is 22.4 Å². The zero-order valence-electron chi connectivity index (χ0n) is 11.2. The average molecular weight is 347 g/mol.